The zero-order valence-corrected chi connectivity index (χ0v) is 30.8. The molecule has 6 nitrogen and oxygen atoms in total. The predicted molar refractivity (Wildman–Crippen MR) is 227 cm³/mol. The molecule has 56 heavy (non-hydrogen) atoms. The van der Waals surface area contributed by atoms with Crippen molar-refractivity contribution in [1.82, 2.24) is 24.9 Å². The van der Waals surface area contributed by atoms with Crippen LogP contribution in [0.1, 0.15) is 0 Å². The standard InChI is InChI=1S/C49H31N5OS/c1-4-13-34(14-5-1)43-45-44(41-21-10-11-22-42(41)56-45)51-46(50-43)37-25-23-32(24-26-37)33-27-29-39(30-28-33)55-40-20-12-19-38(31-40)49-53-47(35-15-6-2-7-16-35)52-48(54-49)36-17-8-3-9-18-36/h1-31H. The maximum atomic E-state index is 6.36. The van der Waals surface area contributed by atoms with Crippen molar-refractivity contribution < 1.29 is 4.74 Å². The number of benzene rings is 7. The third-order valence-electron chi connectivity index (χ3n) is 9.63. The van der Waals surface area contributed by atoms with Crippen LogP contribution in [-0.4, -0.2) is 24.9 Å². The fraction of sp³-hybridized carbons (Fsp3) is 0. The van der Waals surface area contributed by atoms with E-state index >= 15 is 0 Å². The van der Waals surface area contributed by atoms with E-state index in [1.807, 2.05) is 103 Å². The molecule has 0 aliphatic rings. The zero-order valence-electron chi connectivity index (χ0n) is 30.0. The van der Waals surface area contributed by atoms with Crippen LogP contribution in [0.25, 0.3) is 88.2 Å². The summed E-state index contributed by atoms with van der Waals surface area (Å²) in [4.78, 5) is 24.8. The Labute approximate surface area is 327 Å². The highest BCUT2D eigenvalue weighted by Crippen LogP contribution is 2.39. The maximum absolute atomic E-state index is 6.36. The number of hydrogen-bond acceptors (Lipinski definition) is 7. The van der Waals surface area contributed by atoms with Gasteiger partial charge in [-0.2, -0.15) is 0 Å². The molecule has 0 saturated heterocycles. The summed E-state index contributed by atoms with van der Waals surface area (Å²) in [6, 6.07) is 63.2. The van der Waals surface area contributed by atoms with E-state index in [9.17, 15) is 0 Å². The molecule has 0 unspecified atom stereocenters. The number of fused-ring (bicyclic) bond motifs is 3. The third-order valence-corrected chi connectivity index (χ3v) is 10.8. The van der Waals surface area contributed by atoms with E-state index in [4.69, 9.17) is 29.7 Å². The lowest BCUT2D eigenvalue weighted by Gasteiger charge is -2.11. The van der Waals surface area contributed by atoms with Crippen molar-refractivity contribution in [2.45, 2.75) is 0 Å². The Bertz CT molecular complexity index is 2910. The fourth-order valence-electron chi connectivity index (χ4n) is 6.81. The van der Waals surface area contributed by atoms with Gasteiger partial charge in [0.25, 0.3) is 0 Å². The third kappa shape index (κ3) is 6.57. The van der Waals surface area contributed by atoms with Gasteiger partial charge in [0.05, 0.1) is 15.9 Å². The van der Waals surface area contributed by atoms with Gasteiger partial charge in [0.15, 0.2) is 23.3 Å². The van der Waals surface area contributed by atoms with Gasteiger partial charge in [-0.3, -0.25) is 0 Å². The zero-order chi connectivity index (χ0) is 37.3. The average molecular weight is 738 g/mol. The quantitative estimate of drug-likeness (QED) is 0.155. The van der Waals surface area contributed by atoms with Gasteiger partial charge in [-0.15, -0.1) is 11.3 Å². The monoisotopic (exact) mass is 737 g/mol. The number of hydrogen-bond donors (Lipinski definition) is 0. The van der Waals surface area contributed by atoms with Crippen LogP contribution in [-0.2, 0) is 0 Å². The maximum Gasteiger partial charge on any atom is 0.164 e. The summed E-state index contributed by atoms with van der Waals surface area (Å²) in [6.45, 7) is 0. The molecular weight excluding hydrogens is 707 g/mol. The van der Waals surface area contributed by atoms with Crippen molar-refractivity contribution in [1.29, 1.82) is 0 Å². The van der Waals surface area contributed by atoms with Crippen LogP contribution < -0.4 is 4.74 Å². The Hall–Kier alpha value is -7.35. The highest BCUT2D eigenvalue weighted by atomic mass is 32.1. The first kappa shape index (κ1) is 33.2. The molecule has 7 aromatic carbocycles. The average Bonchev–Trinajstić information content (AvgIpc) is 3.66. The Morgan fingerprint density at radius 2 is 0.821 bits per heavy atom. The second kappa shape index (κ2) is 14.5. The minimum absolute atomic E-state index is 0.576. The highest BCUT2D eigenvalue weighted by Gasteiger charge is 2.17. The molecule has 0 bridgehead atoms. The number of aromatic nitrogens is 5. The van der Waals surface area contributed by atoms with Crippen LogP contribution >= 0.6 is 11.3 Å². The lowest BCUT2D eigenvalue weighted by molar-refractivity contribution is 0.483. The van der Waals surface area contributed by atoms with Crippen LogP contribution in [0.5, 0.6) is 11.5 Å². The minimum atomic E-state index is 0.576. The van der Waals surface area contributed by atoms with Gasteiger partial charge >= 0.3 is 0 Å². The Morgan fingerprint density at radius 1 is 0.339 bits per heavy atom. The molecule has 0 aliphatic carbocycles. The molecule has 0 aliphatic heterocycles. The molecule has 0 fully saturated rings. The topological polar surface area (TPSA) is 73.7 Å². The van der Waals surface area contributed by atoms with Crippen molar-refractivity contribution >= 4 is 31.6 Å². The summed E-state index contributed by atoms with van der Waals surface area (Å²) in [7, 11) is 0. The van der Waals surface area contributed by atoms with Crippen LogP contribution in [0.15, 0.2) is 188 Å². The molecule has 0 N–H and O–H groups in total. The fourth-order valence-corrected chi connectivity index (χ4v) is 7.96. The normalized spacial score (nSPS) is 11.2. The van der Waals surface area contributed by atoms with Crippen molar-refractivity contribution in [3.8, 4) is 79.4 Å². The second-order valence-electron chi connectivity index (χ2n) is 13.3. The molecular formula is C49H31N5OS. The molecule has 0 radical (unpaired) electrons. The van der Waals surface area contributed by atoms with Crippen molar-refractivity contribution in [3.63, 3.8) is 0 Å². The van der Waals surface area contributed by atoms with Gasteiger partial charge in [-0.25, -0.2) is 24.9 Å². The minimum Gasteiger partial charge on any atom is -0.457 e. The Morgan fingerprint density at radius 3 is 1.46 bits per heavy atom. The summed E-state index contributed by atoms with van der Waals surface area (Å²) in [6.07, 6.45) is 0. The summed E-state index contributed by atoms with van der Waals surface area (Å²) in [5.74, 6) is 3.94. The van der Waals surface area contributed by atoms with Crippen molar-refractivity contribution in [3.05, 3.63) is 188 Å². The first-order chi connectivity index (χ1) is 27.7. The summed E-state index contributed by atoms with van der Waals surface area (Å²) < 4.78 is 8.67. The van der Waals surface area contributed by atoms with Gasteiger partial charge < -0.3 is 4.74 Å². The van der Waals surface area contributed by atoms with Gasteiger partial charge in [0, 0.05) is 37.9 Å². The van der Waals surface area contributed by atoms with E-state index in [-0.39, 0.29) is 0 Å². The smallest absolute Gasteiger partial charge is 0.164 e. The summed E-state index contributed by atoms with van der Waals surface area (Å²) in [5.41, 5.74) is 8.85. The molecule has 264 valence electrons. The van der Waals surface area contributed by atoms with Gasteiger partial charge in [0.2, 0.25) is 0 Å². The van der Waals surface area contributed by atoms with E-state index in [1.165, 1.54) is 4.70 Å². The van der Waals surface area contributed by atoms with Crippen LogP contribution in [0.4, 0.5) is 0 Å². The lowest BCUT2D eigenvalue weighted by atomic mass is 10.0. The number of ether oxygens (including phenoxy) is 1. The van der Waals surface area contributed by atoms with E-state index in [0.29, 0.717) is 29.0 Å². The predicted octanol–water partition coefficient (Wildman–Crippen LogP) is 12.8. The number of thiophene rings is 1. The molecule has 3 aromatic heterocycles. The summed E-state index contributed by atoms with van der Waals surface area (Å²) >= 11 is 1.74. The van der Waals surface area contributed by atoms with E-state index in [0.717, 1.165) is 66.0 Å². The van der Waals surface area contributed by atoms with Gasteiger partial charge in [-0.05, 0) is 41.5 Å². The molecule has 0 amide bonds. The largest absolute Gasteiger partial charge is 0.457 e. The van der Waals surface area contributed by atoms with Crippen molar-refractivity contribution in [2.75, 3.05) is 0 Å². The molecule has 10 aromatic rings. The first-order valence-electron chi connectivity index (χ1n) is 18.3. The Kier molecular flexibility index (Phi) is 8.59. The van der Waals surface area contributed by atoms with E-state index in [1.54, 1.807) is 11.3 Å². The van der Waals surface area contributed by atoms with Gasteiger partial charge in [-0.1, -0.05) is 158 Å². The number of nitrogens with zero attached hydrogens (tertiary/aromatic N) is 5. The van der Waals surface area contributed by atoms with Crippen LogP contribution in [0, 0.1) is 0 Å². The van der Waals surface area contributed by atoms with Crippen LogP contribution in [0.3, 0.4) is 0 Å². The highest BCUT2D eigenvalue weighted by molar-refractivity contribution is 7.26. The van der Waals surface area contributed by atoms with Crippen molar-refractivity contribution in [2.24, 2.45) is 0 Å². The Balaban J connectivity index is 0.912. The van der Waals surface area contributed by atoms with Crippen LogP contribution in [0.2, 0.25) is 0 Å². The molecule has 0 atom stereocenters. The first-order valence-corrected chi connectivity index (χ1v) is 19.1. The summed E-state index contributed by atoms with van der Waals surface area (Å²) in [5, 5.41) is 1.15. The SMILES string of the molecule is c1ccc(-c2nc(-c3ccccc3)nc(-c3cccc(Oc4ccc(-c5ccc(-c6nc(-c7ccccc7)c7sc8ccccc8c7n6)cc5)cc4)c3)n2)cc1. The molecule has 0 saturated carbocycles. The van der Waals surface area contributed by atoms with Gasteiger partial charge in [0.1, 0.15) is 11.5 Å². The molecule has 0 spiro atoms. The van der Waals surface area contributed by atoms with E-state index < -0.39 is 0 Å². The molecule has 7 heteroatoms. The number of rotatable bonds is 8. The lowest BCUT2D eigenvalue weighted by Crippen LogP contribution is -2.00. The van der Waals surface area contributed by atoms with E-state index in [2.05, 4.69) is 84.9 Å². The second-order valence-corrected chi connectivity index (χ2v) is 14.4. The molecule has 10 rings (SSSR count). The molecule has 3 heterocycles.